The van der Waals surface area contributed by atoms with E-state index in [9.17, 15) is 9.59 Å². The van der Waals surface area contributed by atoms with Gasteiger partial charge >= 0.3 is 6.09 Å². The molecule has 7 heteroatoms. The van der Waals surface area contributed by atoms with Gasteiger partial charge in [0, 0.05) is 25.5 Å². The van der Waals surface area contributed by atoms with Crippen LogP contribution in [-0.4, -0.2) is 45.6 Å². The van der Waals surface area contributed by atoms with Crippen molar-refractivity contribution in [2.75, 3.05) is 18.4 Å². The van der Waals surface area contributed by atoms with Gasteiger partial charge in [-0.2, -0.15) is 0 Å². The van der Waals surface area contributed by atoms with Crippen LogP contribution in [0.15, 0.2) is 30.6 Å². The summed E-state index contributed by atoms with van der Waals surface area (Å²) in [5.41, 5.74) is 1.47. The maximum atomic E-state index is 12.6. The molecule has 25 heavy (non-hydrogen) atoms. The van der Waals surface area contributed by atoms with E-state index in [0.717, 1.165) is 5.52 Å². The minimum atomic E-state index is -0.543. The fraction of sp³-hybridized carbons (Fsp3) is 0.444. The molecule has 1 atom stereocenters. The van der Waals surface area contributed by atoms with E-state index in [4.69, 9.17) is 4.74 Å². The summed E-state index contributed by atoms with van der Waals surface area (Å²) in [5, 5.41) is 2.91. The standard InChI is InChI=1S/C18H22N4O3/c1-18(2,3)25-17(24)22-10-7-12(11-22)16(23)21-14-6-9-19-13-5-4-8-20-15(13)14/h4-6,8-9,12H,7,10-11H2,1-3H3,(H,19,21,23). The summed E-state index contributed by atoms with van der Waals surface area (Å²) in [6, 6.07) is 5.38. The SMILES string of the molecule is CC(C)(C)OC(=O)N1CCC(C(=O)Nc2ccnc3cccnc23)C1. The largest absolute Gasteiger partial charge is 0.444 e. The molecule has 1 unspecified atom stereocenters. The maximum Gasteiger partial charge on any atom is 0.410 e. The van der Waals surface area contributed by atoms with Gasteiger partial charge in [0.05, 0.1) is 17.1 Å². The van der Waals surface area contributed by atoms with Gasteiger partial charge < -0.3 is 15.0 Å². The van der Waals surface area contributed by atoms with Crippen molar-refractivity contribution in [2.45, 2.75) is 32.8 Å². The summed E-state index contributed by atoms with van der Waals surface area (Å²) >= 11 is 0. The number of rotatable bonds is 2. The number of hydrogen-bond donors (Lipinski definition) is 1. The van der Waals surface area contributed by atoms with Crippen LogP contribution in [0.1, 0.15) is 27.2 Å². The summed E-state index contributed by atoms with van der Waals surface area (Å²) in [6.07, 6.45) is 3.54. The molecule has 1 aliphatic heterocycles. The second kappa shape index (κ2) is 6.66. The summed E-state index contributed by atoms with van der Waals surface area (Å²) in [4.78, 5) is 34.8. The van der Waals surface area contributed by atoms with Gasteiger partial charge in [-0.3, -0.25) is 14.8 Å². The number of carbonyl (C=O) groups excluding carboxylic acids is 2. The molecule has 2 amide bonds. The van der Waals surface area contributed by atoms with Crippen LogP contribution in [0.25, 0.3) is 11.0 Å². The number of nitrogens with zero attached hydrogens (tertiary/aromatic N) is 3. The fourth-order valence-corrected chi connectivity index (χ4v) is 2.78. The highest BCUT2D eigenvalue weighted by Crippen LogP contribution is 2.23. The molecule has 0 aliphatic carbocycles. The Hall–Kier alpha value is -2.70. The van der Waals surface area contributed by atoms with Crippen LogP contribution >= 0.6 is 0 Å². The van der Waals surface area contributed by atoms with E-state index in [1.165, 1.54) is 0 Å². The fourth-order valence-electron chi connectivity index (χ4n) is 2.78. The molecular weight excluding hydrogens is 320 g/mol. The zero-order valence-corrected chi connectivity index (χ0v) is 14.7. The van der Waals surface area contributed by atoms with Gasteiger partial charge in [-0.1, -0.05) is 0 Å². The molecule has 1 aliphatic rings. The third kappa shape index (κ3) is 4.04. The summed E-state index contributed by atoms with van der Waals surface area (Å²) in [5.74, 6) is -0.386. The highest BCUT2D eigenvalue weighted by molar-refractivity contribution is 6.00. The molecular formula is C18H22N4O3. The average Bonchev–Trinajstić information content (AvgIpc) is 3.04. The van der Waals surface area contributed by atoms with Crippen molar-refractivity contribution in [2.24, 2.45) is 5.92 Å². The molecule has 0 saturated carbocycles. The van der Waals surface area contributed by atoms with Gasteiger partial charge in [0.1, 0.15) is 11.1 Å². The van der Waals surface area contributed by atoms with E-state index >= 15 is 0 Å². The van der Waals surface area contributed by atoms with Crippen LogP contribution in [0, 0.1) is 5.92 Å². The summed E-state index contributed by atoms with van der Waals surface area (Å²) < 4.78 is 5.36. The van der Waals surface area contributed by atoms with Gasteiger partial charge in [0.15, 0.2) is 0 Å². The molecule has 1 saturated heterocycles. The first-order valence-corrected chi connectivity index (χ1v) is 8.32. The molecule has 3 rings (SSSR count). The summed E-state index contributed by atoms with van der Waals surface area (Å²) in [7, 11) is 0. The molecule has 2 aromatic rings. The Morgan fingerprint density at radius 1 is 1.24 bits per heavy atom. The normalized spacial score (nSPS) is 17.6. The Kier molecular flexibility index (Phi) is 4.57. The van der Waals surface area contributed by atoms with E-state index in [2.05, 4.69) is 15.3 Å². The van der Waals surface area contributed by atoms with Crippen LogP contribution in [0.2, 0.25) is 0 Å². The Balaban J connectivity index is 1.65. The molecule has 0 spiro atoms. The lowest BCUT2D eigenvalue weighted by Gasteiger charge is -2.24. The second-order valence-electron chi connectivity index (χ2n) is 7.13. The number of likely N-dealkylation sites (tertiary alicyclic amines) is 1. The van der Waals surface area contributed by atoms with Gasteiger partial charge in [-0.25, -0.2) is 4.79 Å². The van der Waals surface area contributed by atoms with Crippen molar-refractivity contribution in [3.05, 3.63) is 30.6 Å². The number of anilines is 1. The van der Waals surface area contributed by atoms with Crippen molar-refractivity contribution in [3.63, 3.8) is 0 Å². The maximum absolute atomic E-state index is 12.6. The average molecular weight is 342 g/mol. The monoisotopic (exact) mass is 342 g/mol. The number of fused-ring (bicyclic) bond motifs is 1. The van der Waals surface area contributed by atoms with Gasteiger partial charge in [-0.05, 0) is 45.4 Å². The summed E-state index contributed by atoms with van der Waals surface area (Å²) in [6.45, 7) is 6.35. The minimum absolute atomic E-state index is 0.121. The van der Waals surface area contributed by atoms with Crippen LogP contribution in [0.3, 0.4) is 0 Å². The van der Waals surface area contributed by atoms with Crippen molar-refractivity contribution in [3.8, 4) is 0 Å². The molecule has 7 nitrogen and oxygen atoms in total. The molecule has 0 aromatic carbocycles. The first-order valence-electron chi connectivity index (χ1n) is 8.32. The first-order chi connectivity index (χ1) is 11.8. The van der Waals surface area contributed by atoms with Gasteiger partial charge in [0.25, 0.3) is 0 Å². The van der Waals surface area contributed by atoms with Crippen LogP contribution in [0.5, 0.6) is 0 Å². The van der Waals surface area contributed by atoms with E-state index < -0.39 is 5.60 Å². The number of pyridine rings is 2. The predicted molar refractivity (Wildman–Crippen MR) is 94.1 cm³/mol. The first kappa shape index (κ1) is 17.1. The molecule has 3 heterocycles. The van der Waals surface area contributed by atoms with Crippen molar-refractivity contribution in [1.29, 1.82) is 0 Å². The number of ether oxygens (including phenoxy) is 1. The Bertz CT molecular complexity index is 795. The van der Waals surface area contributed by atoms with E-state index in [1.807, 2.05) is 26.8 Å². The smallest absolute Gasteiger partial charge is 0.410 e. The highest BCUT2D eigenvalue weighted by atomic mass is 16.6. The molecule has 132 valence electrons. The molecule has 0 bridgehead atoms. The number of nitrogens with one attached hydrogen (secondary N) is 1. The zero-order chi connectivity index (χ0) is 18.0. The number of hydrogen-bond acceptors (Lipinski definition) is 5. The molecule has 2 aromatic heterocycles. The third-order valence-corrected chi connectivity index (χ3v) is 3.96. The van der Waals surface area contributed by atoms with Crippen molar-refractivity contribution in [1.82, 2.24) is 14.9 Å². The molecule has 1 N–H and O–H groups in total. The molecule has 1 fully saturated rings. The topological polar surface area (TPSA) is 84.4 Å². The lowest BCUT2D eigenvalue weighted by Crippen LogP contribution is -2.36. The quantitative estimate of drug-likeness (QED) is 0.907. The predicted octanol–water partition coefficient (Wildman–Crippen LogP) is 2.83. The molecule has 0 radical (unpaired) electrons. The van der Waals surface area contributed by atoms with Crippen molar-refractivity contribution >= 4 is 28.7 Å². The van der Waals surface area contributed by atoms with E-state index in [1.54, 1.807) is 29.4 Å². The third-order valence-electron chi connectivity index (χ3n) is 3.96. The van der Waals surface area contributed by atoms with Crippen LogP contribution < -0.4 is 5.32 Å². The van der Waals surface area contributed by atoms with Gasteiger partial charge in [-0.15, -0.1) is 0 Å². The van der Waals surface area contributed by atoms with E-state index in [-0.39, 0.29) is 17.9 Å². The van der Waals surface area contributed by atoms with Crippen LogP contribution in [-0.2, 0) is 9.53 Å². The van der Waals surface area contributed by atoms with E-state index in [0.29, 0.717) is 30.7 Å². The Labute approximate surface area is 146 Å². The second-order valence-corrected chi connectivity index (χ2v) is 7.13. The minimum Gasteiger partial charge on any atom is -0.444 e. The van der Waals surface area contributed by atoms with Crippen LogP contribution in [0.4, 0.5) is 10.5 Å². The van der Waals surface area contributed by atoms with Crippen molar-refractivity contribution < 1.29 is 14.3 Å². The number of carbonyl (C=O) groups is 2. The Morgan fingerprint density at radius 3 is 2.80 bits per heavy atom. The Morgan fingerprint density at radius 2 is 2.04 bits per heavy atom. The van der Waals surface area contributed by atoms with Gasteiger partial charge in [0.2, 0.25) is 5.91 Å². The lowest BCUT2D eigenvalue weighted by atomic mass is 10.1. The number of amides is 2. The zero-order valence-electron chi connectivity index (χ0n) is 14.7. The lowest BCUT2D eigenvalue weighted by molar-refractivity contribution is -0.119. The number of aromatic nitrogens is 2. The highest BCUT2D eigenvalue weighted by Gasteiger charge is 2.33.